The smallest absolute Gasteiger partial charge is 0.225 e. The van der Waals surface area contributed by atoms with Gasteiger partial charge in [0, 0.05) is 25.0 Å². The Kier molecular flexibility index (Phi) is 4.33. The fourth-order valence-corrected chi connectivity index (χ4v) is 4.74. The van der Waals surface area contributed by atoms with Crippen molar-refractivity contribution in [2.75, 3.05) is 13.1 Å². The lowest BCUT2D eigenvalue weighted by Gasteiger charge is -2.32. The van der Waals surface area contributed by atoms with Crippen molar-refractivity contribution in [2.24, 2.45) is 23.7 Å². The summed E-state index contributed by atoms with van der Waals surface area (Å²) in [6.45, 7) is 1.51. The highest BCUT2D eigenvalue weighted by atomic mass is 16.2. The lowest BCUT2D eigenvalue weighted by atomic mass is 9.85. The predicted molar refractivity (Wildman–Crippen MR) is 88.6 cm³/mol. The summed E-state index contributed by atoms with van der Waals surface area (Å²) in [5, 5.41) is 3.30. The van der Waals surface area contributed by atoms with E-state index in [9.17, 15) is 9.59 Å². The minimum atomic E-state index is 0.0269. The van der Waals surface area contributed by atoms with Crippen LogP contribution in [0.1, 0.15) is 64.2 Å². The van der Waals surface area contributed by atoms with Gasteiger partial charge < -0.3 is 10.2 Å². The maximum atomic E-state index is 12.6. The molecule has 4 rings (SSSR count). The predicted octanol–water partition coefficient (Wildman–Crippen LogP) is 2.72. The first-order valence-corrected chi connectivity index (χ1v) is 9.81. The Morgan fingerprint density at radius 1 is 0.870 bits per heavy atom. The monoisotopic (exact) mass is 318 g/mol. The summed E-state index contributed by atoms with van der Waals surface area (Å²) in [7, 11) is 0. The molecule has 0 aromatic carbocycles. The van der Waals surface area contributed by atoms with E-state index < -0.39 is 0 Å². The summed E-state index contributed by atoms with van der Waals surface area (Å²) in [5.74, 6) is 2.41. The van der Waals surface area contributed by atoms with E-state index in [1.165, 1.54) is 38.5 Å². The third-order valence-corrected chi connectivity index (χ3v) is 6.45. The van der Waals surface area contributed by atoms with Crippen LogP contribution in [0.2, 0.25) is 0 Å². The van der Waals surface area contributed by atoms with Crippen LogP contribution in [-0.2, 0) is 9.59 Å². The van der Waals surface area contributed by atoms with Crippen LogP contribution in [0.15, 0.2) is 0 Å². The van der Waals surface area contributed by atoms with Crippen molar-refractivity contribution in [1.82, 2.24) is 10.2 Å². The molecule has 3 atom stereocenters. The molecule has 128 valence electrons. The molecule has 1 saturated heterocycles. The molecular weight excluding hydrogens is 288 g/mol. The third kappa shape index (κ3) is 3.56. The van der Waals surface area contributed by atoms with E-state index in [4.69, 9.17) is 0 Å². The van der Waals surface area contributed by atoms with E-state index in [-0.39, 0.29) is 17.7 Å². The summed E-state index contributed by atoms with van der Waals surface area (Å²) in [5.41, 5.74) is 0. The molecule has 0 spiro atoms. The maximum Gasteiger partial charge on any atom is 0.225 e. The highest BCUT2D eigenvalue weighted by molar-refractivity contribution is 5.83. The number of amides is 2. The second-order valence-corrected chi connectivity index (χ2v) is 8.31. The van der Waals surface area contributed by atoms with E-state index in [1.807, 2.05) is 4.90 Å². The quantitative estimate of drug-likeness (QED) is 0.866. The Bertz CT molecular complexity index is 468. The van der Waals surface area contributed by atoms with Crippen LogP contribution in [0, 0.1) is 23.7 Å². The minimum Gasteiger partial charge on any atom is -0.353 e. The summed E-state index contributed by atoms with van der Waals surface area (Å²) >= 11 is 0. The summed E-state index contributed by atoms with van der Waals surface area (Å²) < 4.78 is 0. The lowest BCUT2D eigenvalue weighted by Crippen LogP contribution is -2.46. The summed E-state index contributed by atoms with van der Waals surface area (Å²) in [4.78, 5) is 26.8. The molecule has 0 aromatic heterocycles. The highest BCUT2D eigenvalue weighted by Crippen LogP contribution is 2.44. The standard InChI is InChI=1S/C19H30N2O2/c22-18(20-17-11-16(17)13-5-2-1-3-6-13)15-7-4-10-21(12-15)19(23)14-8-9-14/h13-17H,1-12H2,(H,20,22)/t15-,16+,17-/m1/s1. The molecule has 23 heavy (non-hydrogen) atoms. The van der Waals surface area contributed by atoms with Crippen LogP contribution < -0.4 is 5.32 Å². The number of piperidine rings is 1. The largest absolute Gasteiger partial charge is 0.353 e. The van der Waals surface area contributed by atoms with E-state index >= 15 is 0 Å². The molecule has 4 aliphatic rings. The van der Waals surface area contributed by atoms with Crippen molar-refractivity contribution in [1.29, 1.82) is 0 Å². The van der Waals surface area contributed by atoms with Gasteiger partial charge in [-0.15, -0.1) is 0 Å². The van der Waals surface area contributed by atoms with Crippen LogP contribution in [0.25, 0.3) is 0 Å². The lowest BCUT2D eigenvalue weighted by molar-refractivity contribution is -0.136. The number of nitrogens with zero attached hydrogens (tertiary/aromatic N) is 1. The van der Waals surface area contributed by atoms with Gasteiger partial charge in [-0.3, -0.25) is 9.59 Å². The van der Waals surface area contributed by atoms with Crippen molar-refractivity contribution >= 4 is 11.8 Å². The molecule has 0 bridgehead atoms. The van der Waals surface area contributed by atoms with Crippen LogP contribution in [0.5, 0.6) is 0 Å². The van der Waals surface area contributed by atoms with Gasteiger partial charge in [0.25, 0.3) is 0 Å². The van der Waals surface area contributed by atoms with Crippen LogP contribution in [0.4, 0.5) is 0 Å². The normalized spacial score (nSPS) is 35.0. The highest BCUT2D eigenvalue weighted by Gasteiger charge is 2.45. The SMILES string of the molecule is O=C(N[C@@H]1C[C@H]1C1CCCCC1)[C@@H]1CCCN(C(=O)C2CC2)C1. The van der Waals surface area contributed by atoms with E-state index in [2.05, 4.69) is 5.32 Å². The van der Waals surface area contributed by atoms with E-state index in [1.54, 1.807) is 0 Å². The molecule has 1 N–H and O–H groups in total. The zero-order valence-electron chi connectivity index (χ0n) is 14.1. The second kappa shape index (κ2) is 6.45. The first-order chi connectivity index (χ1) is 11.2. The fraction of sp³-hybridized carbons (Fsp3) is 0.895. The van der Waals surface area contributed by atoms with Gasteiger partial charge >= 0.3 is 0 Å². The number of hydrogen-bond donors (Lipinski definition) is 1. The van der Waals surface area contributed by atoms with Crippen LogP contribution in [0.3, 0.4) is 0 Å². The molecule has 0 radical (unpaired) electrons. The number of hydrogen-bond acceptors (Lipinski definition) is 2. The van der Waals surface area contributed by atoms with Crippen molar-refractivity contribution in [3.05, 3.63) is 0 Å². The zero-order valence-corrected chi connectivity index (χ0v) is 14.1. The average molecular weight is 318 g/mol. The number of carbonyl (C=O) groups is 2. The van der Waals surface area contributed by atoms with Crippen LogP contribution in [-0.4, -0.2) is 35.8 Å². The van der Waals surface area contributed by atoms with Gasteiger partial charge in [0.1, 0.15) is 0 Å². The van der Waals surface area contributed by atoms with Gasteiger partial charge in [0.15, 0.2) is 0 Å². The molecule has 4 nitrogen and oxygen atoms in total. The van der Waals surface area contributed by atoms with Gasteiger partial charge in [0.05, 0.1) is 5.92 Å². The number of carbonyl (C=O) groups excluding carboxylic acids is 2. The first kappa shape index (κ1) is 15.5. The fourth-order valence-electron chi connectivity index (χ4n) is 4.74. The van der Waals surface area contributed by atoms with Crippen molar-refractivity contribution in [3.8, 4) is 0 Å². The Balaban J connectivity index is 1.25. The minimum absolute atomic E-state index is 0.0269. The Morgan fingerprint density at radius 3 is 2.39 bits per heavy atom. The second-order valence-electron chi connectivity index (χ2n) is 8.31. The molecule has 4 fully saturated rings. The van der Waals surface area contributed by atoms with Crippen molar-refractivity contribution in [2.45, 2.75) is 70.3 Å². The molecule has 0 aromatic rings. The van der Waals surface area contributed by atoms with Gasteiger partial charge in [0.2, 0.25) is 11.8 Å². The number of rotatable bonds is 4. The molecule has 2 amide bonds. The zero-order chi connectivity index (χ0) is 15.8. The topological polar surface area (TPSA) is 49.4 Å². The molecule has 0 unspecified atom stereocenters. The third-order valence-electron chi connectivity index (χ3n) is 6.45. The van der Waals surface area contributed by atoms with Crippen molar-refractivity contribution < 1.29 is 9.59 Å². The van der Waals surface area contributed by atoms with Gasteiger partial charge in [-0.1, -0.05) is 32.1 Å². The first-order valence-electron chi connectivity index (χ1n) is 9.81. The Labute approximate surface area is 139 Å². The molecule has 3 saturated carbocycles. The molecule has 1 aliphatic heterocycles. The van der Waals surface area contributed by atoms with Gasteiger partial charge in [-0.25, -0.2) is 0 Å². The molecular formula is C19H30N2O2. The summed E-state index contributed by atoms with van der Waals surface area (Å²) in [6, 6.07) is 0.431. The van der Waals surface area contributed by atoms with Crippen LogP contribution >= 0.6 is 0 Å². The molecule has 4 heteroatoms. The van der Waals surface area contributed by atoms with Gasteiger partial charge in [-0.05, 0) is 43.9 Å². The van der Waals surface area contributed by atoms with Crippen molar-refractivity contribution in [3.63, 3.8) is 0 Å². The average Bonchev–Trinajstić information content (AvgIpc) is 3.49. The molecule has 1 heterocycles. The van der Waals surface area contributed by atoms with E-state index in [0.29, 0.717) is 18.5 Å². The Hall–Kier alpha value is -1.06. The Morgan fingerprint density at radius 2 is 1.65 bits per heavy atom. The maximum absolute atomic E-state index is 12.6. The number of likely N-dealkylation sites (tertiary alicyclic amines) is 1. The van der Waals surface area contributed by atoms with Gasteiger partial charge in [-0.2, -0.15) is 0 Å². The van der Waals surface area contributed by atoms with E-state index in [0.717, 1.165) is 44.1 Å². The summed E-state index contributed by atoms with van der Waals surface area (Å²) in [6.07, 6.45) is 12.1. The number of nitrogens with one attached hydrogen (secondary N) is 1. The molecule has 3 aliphatic carbocycles.